The van der Waals surface area contributed by atoms with E-state index in [4.69, 9.17) is 0 Å². The average molecular weight is 567 g/mol. The van der Waals surface area contributed by atoms with Gasteiger partial charge in [-0.3, -0.25) is 4.99 Å². The number of nitrogens with one attached hydrogen (secondary N) is 1. The molecule has 1 fully saturated rings. The fourth-order valence-electron chi connectivity index (χ4n) is 3.58. The molecule has 3 rings (SSSR count). The Balaban J connectivity index is 0.00000363. The maximum Gasteiger partial charge on any atom is 0.424 e. The first kappa shape index (κ1) is 26.2. The highest BCUT2D eigenvalue weighted by molar-refractivity contribution is 14.0. The van der Waals surface area contributed by atoms with Crippen molar-refractivity contribution in [2.75, 3.05) is 44.2 Å². The molecule has 0 saturated carbocycles. The van der Waals surface area contributed by atoms with E-state index in [2.05, 4.69) is 25.2 Å². The Morgan fingerprint density at radius 1 is 1.16 bits per heavy atom. The van der Waals surface area contributed by atoms with Crippen molar-refractivity contribution in [3.05, 3.63) is 42.6 Å². The van der Waals surface area contributed by atoms with E-state index in [1.165, 1.54) is 24.0 Å². The van der Waals surface area contributed by atoms with Crippen LogP contribution >= 0.6 is 24.0 Å². The molecule has 1 atom stereocenters. The van der Waals surface area contributed by atoms with Gasteiger partial charge in [0, 0.05) is 71.3 Å². The predicted molar refractivity (Wildman–Crippen MR) is 127 cm³/mol. The highest BCUT2D eigenvalue weighted by Crippen LogP contribution is 2.40. The first-order valence-corrected chi connectivity index (χ1v) is 10.2. The molecular formula is C20H29F3IN7O. The SMILES string of the molecule is CCNC(=NCCC(O)(c1nccn1C)C(F)(F)F)N1CCN(c2ccccn2)CC1.I. The van der Waals surface area contributed by atoms with Crippen LogP contribution in [0.25, 0.3) is 0 Å². The molecule has 0 amide bonds. The topological polar surface area (TPSA) is 81.8 Å². The first-order valence-electron chi connectivity index (χ1n) is 10.2. The molecule has 12 heteroatoms. The number of guanidine groups is 1. The highest BCUT2D eigenvalue weighted by Gasteiger charge is 2.57. The maximum atomic E-state index is 13.7. The van der Waals surface area contributed by atoms with Gasteiger partial charge in [-0.05, 0) is 19.1 Å². The second-order valence-electron chi connectivity index (χ2n) is 7.37. The summed E-state index contributed by atoms with van der Waals surface area (Å²) in [7, 11) is 1.42. The normalized spacial score (nSPS) is 17.0. The Bertz CT molecular complexity index is 870. The van der Waals surface area contributed by atoms with Crippen LogP contribution in [0.2, 0.25) is 0 Å². The van der Waals surface area contributed by atoms with Crippen LogP contribution in [0.4, 0.5) is 19.0 Å². The fourth-order valence-corrected chi connectivity index (χ4v) is 3.58. The van der Waals surface area contributed by atoms with E-state index in [1.54, 1.807) is 6.20 Å². The Morgan fingerprint density at radius 2 is 1.88 bits per heavy atom. The Morgan fingerprint density at radius 3 is 2.41 bits per heavy atom. The van der Waals surface area contributed by atoms with Gasteiger partial charge >= 0.3 is 6.18 Å². The quantitative estimate of drug-likeness (QED) is 0.317. The highest BCUT2D eigenvalue weighted by atomic mass is 127. The Kier molecular flexibility index (Phi) is 9.13. The zero-order valence-electron chi connectivity index (χ0n) is 18.1. The molecule has 2 aromatic rings. The standard InChI is InChI=1S/C20H28F3N7O.HI/c1-3-24-18(30-14-12-29(13-15-30)16-6-4-5-8-25-16)27-9-7-19(31,20(21,22)23)17-26-10-11-28(17)2;/h4-6,8,10-11,31H,3,7,9,12-15H2,1-2H3,(H,24,27);1H. The van der Waals surface area contributed by atoms with Crippen molar-refractivity contribution in [1.82, 2.24) is 24.8 Å². The van der Waals surface area contributed by atoms with Gasteiger partial charge in [0.2, 0.25) is 5.60 Å². The lowest BCUT2D eigenvalue weighted by molar-refractivity contribution is -0.272. The lowest BCUT2D eigenvalue weighted by atomic mass is 9.98. The summed E-state index contributed by atoms with van der Waals surface area (Å²) in [5.41, 5.74) is -3.07. The van der Waals surface area contributed by atoms with Crippen LogP contribution in [0.5, 0.6) is 0 Å². The third kappa shape index (κ3) is 5.82. The van der Waals surface area contributed by atoms with Crippen LogP contribution in [-0.4, -0.2) is 75.9 Å². The van der Waals surface area contributed by atoms with Crippen molar-refractivity contribution >= 4 is 35.8 Å². The lowest BCUT2D eigenvalue weighted by Gasteiger charge is -2.37. The van der Waals surface area contributed by atoms with E-state index >= 15 is 0 Å². The molecule has 178 valence electrons. The molecule has 2 aromatic heterocycles. The number of piperazine rings is 1. The van der Waals surface area contributed by atoms with Crippen LogP contribution in [0, 0.1) is 0 Å². The van der Waals surface area contributed by atoms with Crippen molar-refractivity contribution in [3.63, 3.8) is 0 Å². The van der Waals surface area contributed by atoms with Crippen LogP contribution in [0.15, 0.2) is 41.8 Å². The van der Waals surface area contributed by atoms with Crippen LogP contribution in [0.3, 0.4) is 0 Å². The second-order valence-corrected chi connectivity index (χ2v) is 7.37. The molecule has 1 aliphatic heterocycles. The number of hydrogen-bond donors (Lipinski definition) is 2. The summed E-state index contributed by atoms with van der Waals surface area (Å²) in [6.07, 6.45) is -1.13. The minimum Gasteiger partial charge on any atom is -0.374 e. The number of halogens is 4. The molecule has 3 heterocycles. The van der Waals surface area contributed by atoms with Crippen molar-refractivity contribution in [3.8, 4) is 0 Å². The molecule has 2 N–H and O–H groups in total. The third-order valence-corrected chi connectivity index (χ3v) is 5.28. The average Bonchev–Trinajstić information content (AvgIpc) is 3.19. The number of anilines is 1. The summed E-state index contributed by atoms with van der Waals surface area (Å²) < 4.78 is 42.2. The monoisotopic (exact) mass is 567 g/mol. The smallest absolute Gasteiger partial charge is 0.374 e. The minimum absolute atomic E-state index is 0. The largest absolute Gasteiger partial charge is 0.424 e. The summed E-state index contributed by atoms with van der Waals surface area (Å²) in [5, 5.41) is 13.6. The van der Waals surface area contributed by atoms with Gasteiger partial charge in [-0.15, -0.1) is 24.0 Å². The van der Waals surface area contributed by atoms with Gasteiger partial charge < -0.3 is 24.8 Å². The van der Waals surface area contributed by atoms with Crippen molar-refractivity contribution in [1.29, 1.82) is 0 Å². The van der Waals surface area contributed by atoms with Gasteiger partial charge in [0.1, 0.15) is 11.6 Å². The number of rotatable bonds is 6. The van der Waals surface area contributed by atoms with Crippen LogP contribution in [-0.2, 0) is 12.6 Å². The zero-order valence-corrected chi connectivity index (χ0v) is 20.4. The van der Waals surface area contributed by atoms with E-state index in [0.717, 1.165) is 18.9 Å². The fraction of sp³-hybridized carbons (Fsp3) is 0.550. The van der Waals surface area contributed by atoms with E-state index in [1.807, 2.05) is 30.0 Å². The molecule has 0 aliphatic carbocycles. The summed E-state index contributed by atoms with van der Waals surface area (Å²) in [6.45, 7) is 5.05. The van der Waals surface area contributed by atoms with E-state index in [9.17, 15) is 18.3 Å². The van der Waals surface area contributed by atoms with Gasteiger partial charge in [-0.25, -0.2) is 9.97 Å². The van der Waals surface area contributed by atoms with Crippen molar-refractivity contribution in [2.24, 2.45) is 12.0 Å². The van der Waals surface area contributed by atoms with Gasteiger partial charge in [0.25, 0.3) is 0 Å². The zero-order chi connectivity index (χ0) is 22.5. The summed E-state index contributed by atoms with van der Waals surface area (Å²) in [5.74, 6) is 0.992. The molecule has 8 nitrogen and oxygen atoms in total. The first-order chi connectivity index (χ1) is 14.8. The molecular weight excluding hydrogens is 538 g/mol. The number of nitrogens with zero attached hydrogens (tertiary/aromatic N) is 6. The minimum atomic E-state index is -4.87. The number of aliphatic imine (C=N–C) groups is 1. The predicted octanol–water partition coefficient (Wildman–Crippen LogP) is 2.36. The number of pyridine rings is 1. The Hall–Kier alpha value is -2.09. The van der Waals surface area contributed by atoms with Gasteiger partial charge in [0.15, 0.2) is 5.96 Å². The van der Waals surface area contributed by atoms with Crippen LogP contribution in [0.1, 0.15) is 19.2 Å². The molecule has 0 aromatic carbocycles. The number of imidazole rings is 1. The molecule has 32 heavy (non-hydrogen) atoms. The van der Waals surface area contributed by atoms with Gasteiger partial charge in [-0.2, -0.15) is 13.2 Å². The molecule has 0 bridgehead atoms. The van der Waals surface area contributed by atoms with E-state index in [0.29, 0.717) is 25.6 Å². The molecule has 1 unspecified atom stereocenters. The van der Waals surface area contributed by atoms with E-state index in [-0.39, 0.29) is 30.5 Å². The lowest BCUT2D eigenvalue weighted by Crippen LogP contribution is -2.53. The number of aliphatic hydroxyl groups is 1. The van der Waals surface area contributed by atoms with Crippen molar-refractivity contribution < 1.29 is 18.3 Å². The summed E-state index contributed by atoms with van der Waals surface area (Å²) in [6, 6.07) is 5.75. The molecule has 0 radical (unpaired) electrons. The van der Waals surface area contributed by atoms with E-state index < -0.39 is 24.0 Å². The molecule has 0 spiro atoms. The number of alkyl halides is 3. The van der Waals surface area contributed by atoms with Crippen molar-refractivity contribution in [2.45, 2.75) is 25.1 Å². The number of aromatic nitrogens is 3. The van der Waals surface area contributed by atoms with Crippen LogP contribution < -0.4 is 10.2 Å². The Labute approximate surface area is 202 Å². The van der Waals surface area contributed by atoms with Gasteiger partial charge in [-0.1, -0.05) is 6.07 Å². The molecule has 1 aliphatic rings. The number of hydrogen-bond acceptors (Lipinski definition) is 5. The molecule has 1 saturated heterocycles. The second kappa shape index (κ2) is 11.2. The summed E-state index contributed by atoms with van der Waals surface area (Å²) in [4.78, 5) is 16.6. The summed E-state index contributed by atoms with van der Waals surface area (Å²) >= 11 is 0. The number of aryl methyl sites for hydroxylation is 1. The van der Waals surface area contributed by atoms with Gasteiger partial charge in [0.05, 0.1) is 0 Å². The third-order valence-electron chi connectivity index (χ3n) is 5.28. The maximum absolute atomic E-state index is 13.7.